The van der Waals surface area contributed by atoms with Gasteiger partial charge in [0.2, 0.25) is 0 Å². The zero-order valence-corrected chi connectivity index (χ0v) is 26.4. The van der Waals surface area contributed by atoms with Crippen molar-refractivity contribution in [3.63, 3.8) is 0 Å². The fourth-order valence-corrected chi connectivity index (χ4v) is 6.10. The zero-order chi connectivity index (χ0) is 29.4. The topological polar surface area (TPSA) is 98.8 Å². The number of carbonyl (C=O) groups is 2. The zero-order valence-electron chi connectivity index (χ0n) is 23.2. The second-order valence-corrected chi connectivity index (χ2v) is 11.7. The molecule has 0 amide bonds. The highest BCUT2D eigenvalue weighted by atomic mass is 79.9. The summed E-state index contributed by atoms with van der Waals surface area (Å²) in [5.41, 5.74) is 2.07. The van der Waals surface area contributed by atoms with Crippen LogP contribution >= 0.6 is 31.9 Å². The molecule has 4 rings (SSSR count). The number of ether oxygens (including phenoxy) is 7. The Morgan fingerprint density at radius 1 is 0.829 bits per heavy atom. The molecule has 2 aromatic rings. The Morgan fingerprint density at radius 2 is 1.39 bits per heavy atom. The maximum absolute atomic E-state index is 12.0. The minimum atomic E-state index is -0.866. The standard InChI is InChI=1S/C30H36Br2O9/c1-18-27(41-30-26(32)29(39-20(3)34)28(38-19(2)33)24(15-31)40-30)23(35-16-21-10-6-4-7-11-21)14-25(37-18)36-17-22-12-8-5-9-13-22/h4-13,18,23-30H,14-17H2,1-3H3/t18-,23-,24-,25+,26-,27-,28-,29-,30-/m1/s1. The molecule has 2 heterocycles. The van der Waals surface area contributed by atoms with Crippen LogP contribution < -0.4 is 0 Å². The van der Waals surface area contributed by atoms with E-state index in [9.17, 15) is 9.59 Å². The van der Waals surface area contributed by atoms with Gasteiger partial charge in [-0.1, -0.05) is 92.5 Å². The van der Waals surface area contributed by atoms with Crippen molar-refractivity contribution in [3.05, 3.63) is 71.8 Å². The molecule has 0 spiro atoms. The maximum Gasteiger partial charge on any atom is 0.303 e. The molecule has 9 atom stereocenters. The highest BCUT2D eigenvalue weighted by molar-refractivity contribution is 9.09. The molecule has 0 saturated carbocycles. The first-order chi connectivity index (χ1) is 19.7. The first kappa shape index (κ1) is 32.1. The maximum atomic E-state index is 12.0. The molecule has 0 radical (unpaired) electrons. The van der Waals surface area contributed by atoms with Gasteiger partial charge in [-0.25, -0.2) is 0 Å². The molecule has 41 heavy (non-hydrogen) atoms. The van der Waals surface area contributed by atoms with Gasteiger partial charge in [-0.05, 0) is 18.1 Å². The van der Waals surface area contributed by atoms with Gasteiger partial charge in [-0.2, -0.15) is 0 Å². The lowest BCUT2D eigenvalue weighted by molar-refractivity contribution is -0.315. The number of halogens is 2. The van der Waals surface area contributed by atoms with Crippen LogP contribution in [0.2, 0.25) is 0 Å². The summed E-state index contributed by atoms with van der Waals surface area (Å²) in [6.45, 7) is 5.29. The fourth-order valence-electron chi connectivity index (χ4n) is 4.92. The van der Waals surface area contributed by atoms with Crippen LogP contribution in [0.15, 0.2) is 60.7 Å². The van der Waals surface area contributed by atoms with Crippen LogP contribution in [0, 0.1) is 0 Å². The quantitative estimate of drug-likeness (QED) is 0.236. The van der Waals surface area contributed by atoms with E-state index in [1.165, 1.54) is 13.8 Å². The molecule has 2 aliphatic rings. The van der Waals surface area contributed by atoms with Crippen molar-refractivity contribution < 1.29 is 42.7 Å². The van der Waals surface area contributed by atoms with Gasteiger partial charge in [0.05, 0.1) is 25.4 Å². The number of hydrogen-bond acceptors (Lipinski definition) is 9. The fraction of sp³-hybridized carbons (Fsp3) is 0.533. The molecule has 0 N–H and O–H groups in total. The van der Waals surface area contributed by atoms with Gasteiger partial charge in [0.1, 0.15) is 17.0 Å². The van der Waals surface area contributed by atoms with Crippen LogP contribution in [0.3, 0.4) is 0 Å². The molecule has 224 valence electrons. The molecule has 0 bridgehead atoms. The van der Waals surface area contributed by atoms with Crippen molar-refractivity contribution in [2.24, 2.45) is 0 Å². The summed E-state index contributed by atoms with van der Waals surface area (Å²) in [5, 5.41) is 0.322. The van der Waals surface area contributed by atoms with Crippen molar-refractivity contribution in [1.29, 1.82) is 0 Å². The van der Waals surface area contributed by atoms with Crippen LogP contribution in [-0.2, 0) is 56.0 Å². The van der Waals surface area contributed by atoms with Crippen LogP contribution in [0.25, 0.3) is 0 Å². The van der Waals surface area contributed by atoms with Crippen molar-refractivity contribution in [2.75, 3.05) is 5.33 Å². The Kier molecular flexibility index (Phi) is 12.2. The average Bonchev–Trinajstić information content (AvgIpc) is 2.96. The van der Waals surface area contributed by atoms with E-state index in [1.54, 1.807) is 0 Å². The van der Waals surface area contributed by atoms with E-state index in [0.29, 0.717) is 25.0 Å². The lowest BCUT2D eigenvalue weighted by atomic mass is 9.99. The number of carbonyl (C=O) groups excluding carboxylic acids is 2. The molecule has 0 aromatic heterocycles. The predicted octanol–water partition coefficient (Wildman–Crippen LogP) is 5.06. The third-order valence-electron chi connectivity index (χ3n) is 6.83. The minimum absolute atomic E-state index is 0.322. The van der Waals surface area contributed by atoms with Gasteiger partial charge in [-0.3, -0.25) is 9.59 Å². The number of esters is 2. The number of benzene rings is 2. The first-order valence-electron chi connectivity index (χ1n) is 13.6. The molecule has 2 saturated heterocycles. The summed E-state index contributed by atoms with van der Waals surface area (Å²) in [4.78, 5) is 23.2. The van der Waals surface area contributed by atoms with E-state index in [-0.39, 0.29) is 0 Å². The summed E-state index contributed by atoms with van der Waals surface area (Å²) >= 11 is 7.03. The highest BCUT2D eigenvalue weighted by Gasteiger charge is 2.51. The van der Waals surface area contributed by atoms with Crippen LogP contribution in [0.1, 0.15) is 38.3 Å². The second kappa shape index (κ2) is 15.6. The Balaban J connectivity index is 1.51. The SMILES string of the molecule is CC(=O)O[C@@H]1[C@@H](Br)[C@@H](O[C@@H]2[C@@H](C)O[C@H](OCc3ccccc3)C[C@H]2OCc2ccccc2)O[C@H](CBr)[C@H]1OC(C)=O. The van der Waals surface area contributed by atoms with Gasteiger partial charge < -0.3 is 33.2 Å². The summed E-state index contributed by atoms with van der Waals surface area (Å²) in [6, 6.07) is 19.8. The Hall–Kier alpha value is -1.86. The summed E-state index contributed by atoms with van der Waals surface area (Å²) < 4.78 is 42.6. The number of rotatable bonds is 11. The third-order valence-corrected chi connectivity index (χ3v) is 8.42. The highest BCUT2D eigenvalue weighted by Crippen LogP contribution is 2.36. The van der Waals surface area contributed by atoms with Crippen LogP contribution in [-0.4, -0.2) is 71.3 Å². The summed E-state index contributed by atoms with van der Waals surface area (Å²) in [6.07, 6.45) is -4.61. The number of hydrogen-bond donors (Lipinski definition) is 0. The van der Waals surface area contributed by atoms with Crippen LogP contribution in [0.4, 0.5) is 0 Å². The molecule has 2 aliphatic heterocycles. The third kappa shape index (κ3) is 9.06. The molecular weight excluding hydrogens is 664 g/mol. The van der Waals surface area contributed by atoms with Crippen LogP contribution in [0.5, 0.6) is 0 Å². The van der Waals surface area contributed by atoms with Gasteiger partial charge in [-0.15, -0.1) is 0 Å². The molecular formula is C30H36Br2O9. The van der Waals surface area contributed by atoms with Gasteiger partial charge in [0.15, 0.2) is 24.8 Å². The normalized spacial score (nSPS) is 31.8. The lowest BCUT2D eigenvalue weighted by Gasteiger charge is -2.46. The van der Waals surface area contributed by atoms with E-state index in [1.807, 2.05) is 67.6 Å². The van der Waals surface area contributed by atoms with Crippen molar-refractivity contribution >= 4 is 43.8 Å². The van der Waals surface area contributed by atoms with E-state index in [0.717, 1.165) is 11.1 Å². The smallest absolute Gasteiger partial charge is 0.303 e. The number of alkyl halides is 2. The largest absolute Gasteiger partial charge is 0.457 e. The Labute approximate surface area is 257 Å². The Morgan fingerprint density at radius 3 is 1.95 bits per heavy atom. The van der Waals surface area contributed by atoms with Crippen molar-refractivity contribution in [3.8, 4) is 0 Å². The van der Waals surface area contributed by atoms with E-state index in [4.69, 9.17) is 33.2 Å². The van der Waals surface area contributed by atoms with Crippen molar-refractivity contribution in [1.82, 2.24) is 0 Å². The van der Waals surface area contributed by atoms with Gasteiger partial charge >= 0.3 is 11.9 Å². The van der Waals surface area contributed by atoms with Gasteiger partial charge in [0.25, 0.3) is 0 Å². The van der Waals surface area contributed by atoms with E-state index < -0.39 is 66.0 Å². The minimum Gasteiger partial charge on any atom is -0.457 e. The van der Waals surface area contributed by atoms with E-state index in [2.05, 4.69) is 31.9 Å². The predicted molar refractivity (Wildman–Crippen MR) is 156 cm³/mol. The molecule has 9 nitrogen and oxygen atoms in total. The second-order valence-electron chi connectivity index (χ2n) is 10.0. The molecule has 0 aliphatic carbocycles. The van der Waals surface area contributed by atoms with Gasteiger partial charge in [0, 0.05) is 25.6 Å². The molecule has 0 unspecified atom stereocenters. The monoisotopic (exact) mass is 698 g/mol. The first-order valence-corrected chi connectivity index (χ1v) is 15.6. The summed E-state index contributed by atoms with van der Waals surface area (Å²) in [5.74, 6) is -1.02. The Bertz CT molecular complexity index is 1110. The average molecular weight is 700 g/mol. The molecule has 2 fully saturated rings. The lowest BCUT2D eigenvalue weighted by Crippen LogP contribution is -2.61. The molecule has 11 heteroatoms. The summed E-state index contributed by atoms with van der Waals surface area (Å²) in [7, 11) is 0. The molecule has 2 aromatic carbocycles. The van der Waals surface area contributed by atoms with E-state index >= 15 is 0 Å². The van der Waals surface area contributed by atoms with Crippen molar-refractivity contribution in [2.45, 2.75) is 94.4 Å².